The number of piperidine rings is 1. The van der Waals surface area contributed by atoms with Crippen molar-refractivity contribution in [2.24, 2.45) is 17.8 Å². The SMILES string of the molecule is COC(=O)C1[C@H]2CN(c3nc(CCc4ccccc4)nc4c3CCNC4=O)C[C@@H]12. The summed E-state index contributed by atoms with van der Waals surface area (Å²) in [6.07, 6.45) is 2.25. The molecule has 0 bridgehead atoms. The van der Waals surface area contributed by atoms with Crippen LogP contribution in [-0.2, 0) is 28.8 Å². The molecule has 3 atom stereocenters. The number of nitrogens with one attached hydrogen (secondary N) is 1. The number of rotatable bonds is 5. The van der Waals surface area contributed by atoms with Crippen LogP contribution >= 0.6 is 0 Å². The van der Waals surface area contributed by atoms with E-state index in [1.165, 1.54) is 12.7 Å². The van der Waals surface area contributed by atoms with Gasteiger partial charge in [-0.1, -0.05) is 30.3 Å². The van der Waals surface area contributed by atoms with Crippen LogP contribution in [0.4, 0.5) is 5.82 Å². The van der Waals surface area contributed by atoms with E-state index in [4.69, 9.17) is 9.72 Å². The molecule has 5 rings (SSSR count). The monoisotopic (exact) mass is 392 g/mol. The summed E-state index contributed by atoms with van der Waals surface area (Å²) in [5.41, 5.74) is 2.67. The van der Waals surface area contributed by atoms with E-state index in [0.29, 0.717) is 36.3 Å². The van der Waals surface area contributed by atoms with Gasteiger partial charge in [-0.15, -0.1) is 0 Å². The lowest BCUT2D eigenvalue weighted by molar-refractivity contribution is -0.142. The number of methoxy groups -OCH3 is 1. The number of hydrogen-bond acceptors (Lipinski definition) is 6. The number of anilines is 1. The molecular formula is C22H24N4O3. The third kappa shape index (κ3) is 3.24. The number of fused-ring (bicyclic) bond motifs is 2. The second kappa shape index (κ2) is 7.13. The molecule has 1 aromatic carbocycles. The number of aryl methyl sites for hydroxylation is 2. The molecule has 1 amide bonds. The Balaban J connectivity index is 1.40. The Morgan fingerprint density at radius 2 is 1.93 bits per heavy atom. The zero-order valence-electron chi connectivity index (χ0n) is 16.4. The van der Waals surface area contributed by atoms with E-state index in [9.17, 15) is 9.59 Å². The highest BCUT2D eigenvalue weighted by molar-refractivity contribution is 5.96. The third-order valence-corrected chi connectivity index (χ3v) is 6.35. The topological polar surface area (TPSA) is 84.4 Å². The molecule has 0 radical (unpaired) electrons. The number of carbonyl (C=O) groups is 2. The molecule has 29 heavy (non-hydrogen) atoms. The molecule has 7 nitrogen and oxygen atoms in total. The number of carbonyl (C=O) groups excluding carboxylic acids is 2. The van der Waals surface area contributed by atoms with Crippen molar-refractivity contribution in [2.45, 2.75) is 19.3 Å². The zero-order chi connectivity index (χ0) is 20.0. The first-order valence-electron chi connectivity index (χ1n) is 10.2. The molecule has 1 N–H and O–H groups in total. The summed E-state index contributed by atoms with van der Waals surface area (Å²) in [5.74, 6) is 2.04. The van der Waals surface area contributed by atoms with Crippen molar-refractivity contribution < 1.29 is 14.3 Å². The van der Waals surface area contributed by atoms with Gasteiger partial charge in [-0.05, 0) is 30.2 Å². The molecular weight excluding hydrogens is 368 g/mol. The van der Waals surface area contributed by atoms with E-state index in [1.807, 2.05) is 18.2 Å². The van der Waals surface area contributed by atoms with Crippen LogP contribution in [-0.4, -0.2) is 48.6 Å². The fourth-order valence-corrected chi connectivity index (χ4v) is 4.78. The number of aromatic nitrogens is 2. The fraction of sp³-hybridized carbons (Fsp3) is 0.455. The van der Waals surface area contributed by atoms with Crippen molar-refractivity contribution >= 4 is 17.7 Å². The Morgan fingerprint density at radius 3 is 2.66 bits per heavy atom. The van der Waals surface area contributed by atoms with Crippen molar-refractivity contribution in [3.8, 4) is 0 Å². The lowest BCUT2D eigenvalue weighted by atomic mass is 10.0. The summed E-state index contributed by atoms with van der Waals surface area (Å²) in [6, 6.07) is 10.2. The molecule has 2 aromatic rings. The van der Waals surface area contributed by atoms with Gasteiger partial charge in [-0.3, -0.25) is 9.59 Å². The first kappa shape index (κ1) is 18.1. The van der Waals surface area contributed by atoms with Crippen molar-refractivity contribution in [3.63, 3.8) is 0 Å². The van der Waals surface area contributed by atoms with Gasteiger partial charge >= 0.3 is 5.97 Å². The minimum Gasteiger partial charge on any atom is -0.469 e. The number of ether oxygens (including phenoxy) is 1. The maximum absolute atomic E-state index is 12.5. The molecule has 1 aromatic heterocycles. The highest BCUT2D eigenvalue weighted by Crippen LogP contribution is 2.53. The number of benzene rings is 1. The number of amides is 1. The molecule has 1 saturated heterocycles. The first-order chi connectivity index (χ1) is 14.2. The summed E-state index contributed by atoms with van der Waals surface area (Å²) in [7, 11) is 1.45. The average molecular weight is 392 g/mol. The molecule has 2 aliphatic heterocycles. The standard InChI is InChI=1S/C22H24N4O3/c1-29-22(28)18-15-11-26(12-16(15)18)20-14-9-10-23-21(27)19(14)24-17(25-20)8-7-13-5-3-2-4-6-13/h2-6,15-16,18H,7-12H2,1H3,(H,23,27)/t15-,16+,18?. The third-order valence-electron chi connectivity index (χ3n) is 6.35. The zero-order valence-corrected chi connectivity index (χ0v) is 16.4. The van der Waals surface area contributed by atoms with Crippen LogP contribution in [0.25, 0.3) is 0 Å². The van der Waals surface area contributed by atoms with E-state index < -0.39 is 0 Å². The molecule has 3 aliphatic rings. The molecule has 0 spiro atoms. The molecule has 7 heteroatoms. The fourth-order valence-electron chi connectivity index (χ4n) is 4.78. The minimum absolute atomic E-state index is 0.0229. The Labute approximate surface area is 169 Å². The smallest absolute Gasteiger partial charge is 0.309 e. The number of hydrogen-bond donors (Lipinski definition) is 1. The van der Waals surface area contributed by atoms with Gasteiger partial charge in [0.2, 0.25) is 0 Å². The largest absolute Gasteiger partial charge is 0.469 e. The Morgan fingerprint density at radius 1 is 1.17 bits per heavy atom. The van der Waals surface area contributed by atoms with Crippen LogP contribution in [0, 0.1) is 17.8 Å². The molecule has 2 fully saturated rings. The molecule has 150 valence electrons. The van der Waals surface area contributed by atoms with Crippen molar-refractivity contribution in [2.75, 3.05) is 31.6 Å². The summed E-state index contributed by atoms with van der Waals surface area (Å²) >= 11 is 0. The van der Waals surface area contributed by atoms with E-state index >= 15 is 0 Å². The number of nitrogens with zero attached hydrogens (tertiary/aromatic N) is 3. The van der Waals surface area contributed by atoms with Crippen LogP contribution in [0.3, 0.4) is 0 Å². The Kier molecular flexibility index (Phi) is 4.45. The van der Waals surface area contributed by atoms with Crippen LogP contribution in [0.5, 0.6) is 0 Å². The normalized spacial score (nSPS) is 24.5. The lowest BCUT2D eigenvalue weighted by Crippen LogP contribution is -2.36. The van der Waals surface area contributed by atoms with E-state index in [1.54, 1.807) is 0 Å². The predicted molar refractivity (Wildman–Crippen MR) is 107 cm³/mol. The van der Waals surface area contributed by atoms with Crippen LogP contribution in [0.1, 0.15) is 27.4 Å². The second-order valence-corrected chi connectivity index (χ2v) is 8.06. The Hall–Kier alpha value is -2.96. The van der Waals surface area contributed by atoms with Crippen molar-refractivity contribution in [1.82, 2.24) is 15.3 Å². The predicted octanol–water partition coefficient (Wildman–Crippen LogP) is 1.40. The maximum atomic E-state index is 12.5. The van der Waals surface area contributed by atoms with Crippen molar-refractivity contribution in [3.05, 3.63) is 53.0 Å². The summed E-state index contributed by atoms with van der Waals surface area (Å²) in [6.45, 7) is 2.18. The minimum atomic E-state index is -0.118. The average Bonchev–Trinajstić information content (AvgIpc) is 3.25. The van der Waals surface area contributed by atoms with Gasteiger partial charge in [-0.25, -0.2) is 9.97 Å². The maximum Gasteiger partial charge on any atom is 0.309 e. The molecule has 1 saturated carbocycles. The van der Waals surface area contributed by atoms with Gasteiger partial charge < -0.3 is 15.0 Å². The molecule has 1 unspecified atom stereocenters. The van der Waals surface area contributed by atoms with Crippen LogP contribution in [0.2, 0.25) is 0 Å². The number of esters is 1. The van der Waals surface area contributed by atoms with Crippen LogP contribution < -0.4 is 10.2 Å². The van der Waals surface area contributed by atoms with E-state index in [-0.39, 0.29) is 17.8 Å². The van der Waals surface area contributed by atoms with Gasteiger partial charge in [0, 0.05) is 31.6 Å². The van der Waals surface area contributed by atoms with Crippen LogP contribution in [0.15, 0.2) is 30.3 Å². The van der Waals surface area contributed by atoms with Crippen molar-refractivity contribution in [1.29, 1.82) is 0 Å². The quantitative estimate of drug-likeness (QED) is 0.775. The van der Waals surface area contributed by atoms with Gasteiger partial charge in [0.25, 0.3) is 5.91 Å². The van der Waals surface area contributed by atoms with Gasteiger partial charge in [-0.2, -0.15) is 0 Å². The summed E-state index contributed by atoms with van der Waals surface area (Å²) < 4.78 is 4.91. The second-order valence-electron chi connectivity index (χ2n) is 8.06. The van der Waals surface area contributed by atoms with E-state index in [2.05, 4.69) is 27.3 Å². The lowest BCUT2D eigenvalue weighted by Gasteiger charge is -2.27. The van der Waals surface area contributed by atoms with E-state index in [0.717, 1.165) is 37.3 Å². The van der Waals surface area contributed by atoms with Gasteiger partial charge in [0.05, 0.1) is 13.0 Å². The first-order valence-corrected chi connectivity index (χ1v) is 10.2. The van der Waals surface area contributed by atoms with Gasteiger partial charge in [0.15, 0.2) is 0 Å². The molecule has 3 heterocycles. The Bertz CT molecular complexity index is 950. The highest BCUT2D eigenvalue weighted by atomic mass is 16.5. The van der Waals surface area contributed by atoms with Gasteiger partial charge in [0.1, 0.15) is 17.3 Å². The summed E-state index contributed by atoms with van der Waals surface area (Å²) in [4.78, 5) is 36.0. The molecule has 1 aliphatic carbocycles. The summed E-state index contributed by atoms with van der Waals surface area (Å²) in [5, 5.41) is 2.90. The highest BCUT2D eigenvalue weighted by Gasteiger charge is 2.60.